The summed E-state index contributed by atoms with van der Waals surface area (Å²) in [7, 11) is 0. The number of fused-ring (bicyclic) bond motifs is 1. The van der Waals surface area contributed by atoms with E-state index in [1.165, 1.54) is 0 Å². The van der Waals surface area contributed by atoms with Gasteiger partial charge >= 0.3 is 5.97 Å². The molecular formula is C15H16N2O2S. The summed E-state index contributed by atoms with van der Waals surface area (Å²) < 4.78 is 4.83. The number of ether oxygens (including phenoxy) is 1. The van der Waals surface area contributed by atoms with E-state index in [0.29, 0.717) is 6.61 Å². The first kappa shape index (κ1) is 13.4. The van der Waals surface area contributed by atoms with E-state index in [1.807, 2.05) is 25.3 Å². The second-order valence-corrected chi connectivity index (χ2v) is 6.30. The molecule has 0 N–H and O–H groups in total. The van der Waals surface area contributed by atoms with Crippen LogP contribution in [0.2, 0.25) is 0 Å². The Balaban J connectivity index is 1.94. The Labute approximate surface area is 121 Å². The lowest BCUT2D eigenvalue weighted by atomic mass is 9.84. The number of esters is 1. The third kappa shape index (κ3) is 2.26. The van der Waals surface area contributed by atoms with E-state index in [0.717, 1.165) is 35.1 Å². The van der Waals surface area contributed by atoms with Crippen molar-refractivity contribution in [2.45, 2.75) is 35.8 Å². The van der Waals surface area contributed by atoms with Crippen molar-refractivity contribution in [3.8, 4) is 0 Å². The van der Waals surface area contributed by atoms with Crippen LogP contribution in [0.15, 0.2) is 35.6 Å². The molecule has 1 aliphatic rings. The molecule has 3 rings (SSSR count). The van der Waals surface area contributed by atoms with Crippen molar-refractivity contribution >= 4 is 28.6 Å². The third-order valence-electron chi connectivity index (χ3n) is 3.62. The van der Waals surface area contributed by atoms with Gasteiger partial charge in [0.15, 0.2) is 0 Å². The molecule has 0 saturated heterocycles. The molecule has 0 bridgehead atoms. The van der Waals surface area contributed by atoms with Gasteiger partial charge < -0.3 is 4.74 Å². The second-order valence-electron chi connectivity index (χ2n) is 4.87. The molecular weight excluding hydrogens is 272 g/mol. The molecule has 2 aromatic rings. The average Bonchev–Trinajstić information content (AvgIpc) is 2.43. The number of rotatable bonds is 4. The first-order valence-corrected chi connectivity index (χ1v) is 7.62. The summed E-state index contributed by atoms with van der Waals surface area (Å²) in [4.78, 5) is 21.8. The molecule has 1 fully saturated rings. The van der Waals surface area contributed by atoms with Gasteiger partial charge in [-0.25, -0.2) is 0 Å². The van der Waals surface area contributed by atoms with Crippen LogP contribution in [-0.4, -0.2) is 27.3 Å². The van der Waals surface area contributed by atoms with Gasteiger partial charge in [0.25, 0.3) is 0 Å². The maximum absolute atomic E-state index is 12.2. The van der Waals surface area contributed by atoms with Crippen molar-refractivity contribution in [2.75, 3.05) is 6.61 Å². The first-order valence-electron chi connectivity index (χ1n) is 6.80. The molecule has 1 aliphatic carbocycles. The van der Waals surface area contributed by atoms with Crippen molar-refractivity contribution in [1.29, 1.82) is 0 Å². The highest BCUT2D eigenvalue weighted by molar-refractivity contribution is 8.01. The van der Waals surface area contributed by atoms with E-state index in [9.17, 15) is 4.79 Å². The standard InChI is InChI=1S/C15H16N2O2S/c1-2-19-14(18)15(6-3-7-15)20-13-5-9-17-12-4-8-16-10-11(12)13/h4-5,8-10H,2-3,6-7H2,1H3. The Bertz CT molecular complexity index is 635. The zero-order valence-corrected chi connectivity index (χ0v) is 12.2. The fourth-order valence-electron chi connectivity index (χ4n) is 2.37. The topological polar surface area (TPSA) is 52.1 Å². The molecule has 0 atom stereocenters. The van der Waals surface area contributed by atoms with Gasteiger partial charge in [0.2, 0.25) is 0 Å². The summed E-state index contributed by atoms with van der Waals surface area (Å²) in [5, 5.41) is 0.996. The summed E-state index contributed by atoms with van der Waals surface area (Å²) in [5.74, 6) is -0.0925. The summed E-state index contributed by atoms with van der Waals surface area (Å²) in [6.07, 6.45) is 8.15. The minimum atomic E-state index is -0.417. The van der Waals surface area contributed by atoms with Crippen LogP contribution in [0, 0.1) is 0 Å². The van der Waals surface area contributed by atoms with E-state index in [2.05, 4.69) is 9.97 Å². The minimum absolute atomic E-state index is 0.0925. The molecule has 0 spiro atoms. The predicted octanol–water partition coefficient (Wildman–Crippen LogP) is 3.21. The van der Waals surface area contributed by atoms with Crippen molar-refractivity contribution in [1.82, 2.24) is 9.97 Å². The number of pyridine rings is 2. The van der Waals surface area contributed by atoms with Crippen LogP contribution in [0.1, 0.15) is 26.2 Å². The van der Waals surface area contributed by atoms with Crippen LogP contribution in [0.25, 0.3) is 10.9 Å². The van der Waals surface area contributed by atoms with Gasteiger partial charge in [-0.05, 0) is 38.3 Å². The molecule has 0 unspecified atom stereocenters. The number of aromatic nitrogens is 2. The average molecular weight is 288 g/mol. The van der Waals surface area contributed by atoms with Crippen LogP contribution in [0.4, 0.5) is 0 Å². The highest BCUT2D eigenvalue weighted by Crippen LogP contribution is 2.49. The second kappa shape index (κ2) is 5.40. The van der Waals surface area contributed by atoms with Crippen molar-refractivity contribution in [3.05, 3.63) is 30.7 Å². The number of hydrogen-bond acceptors (Lipinski definition) is 5. The number of thioether (sulfide) groups is 1. The molecule has 5 heteroatoms. The largest absolute Gasteiger partial charge is 0.465 e. The number of carbonyl (C=O) groups is 1. The molecule has 4 nitrogen and oxygen atoms in total. The molecule has 0 aromatic carbocycles. The molecule has 2 aromatic heterocycles. The molecule has 20 heavy (non-hydrogen) atoms. The highest BCUT2D eigenvalue weighted by Gasteiger charge is 2.46. The lowest BCUT2D eigenvalue weighted by Gasteiger charge is -2.38. The molecule has 0 aliphatic heterocycles. The Hall–Kier alpha value is -1.62. The summed E-state index contributed by atoms with van der Waals surface area (Å²) in [5.41, 5.74) is 0.906. The number of hydrogen-bond donors (Lipinski definition) is 0. The first-order chi connectivity index (χ1) is 9.75. The van der Waals surface area contributed by atoms with Gasteiger partial charge in [-0.3, -0.25) is 14.8 Å². The Kier molecular flexibility index (Phi) is 3.61. The minimum Gasteiger partial charge on any atom is -0.465 e. The summed E-state index contributed by atoms with van der Waals surface area (Å²) in [6.45, 7) is 2.28. The Morgan fingerprint density at radius 3 is 2.95 bits per heavy atom. The summed E-state index contributed by atoms with van der Waals surface area (Å²) in [6, 6.07) is 3.84. The van der Waals surface area contributed by atoms with Gasteiger partial charge in [-0.15, -0.1) is 11.8 Å². The zero-order valence-electron chi connectivity index (χ0n) is 11.3. The zero-order chi connectivity index (χ0) is 14.0. The molecule has 0 radical (unpaired) electrons. The van der Waals surface area contributed by atoms with Crippen molar-refractivity contribution in [2.24, 2.45) is 0 Å². The van der Waals surface area contributed by atoms with Crippen molar-refractivity contribution < 1.29 is 9.53 Å². The van der Waals surface area contributed by atoms with Crippen LogP contribution in [0.3, 0.4) is 0 Å². The Morgan fingerprint density at radius 1 is 1.40 bits per heavy atom. The third-order valence-corrected chi connectivity index (χ3v) is 5.16. The SMILES string of the molecule is CCOC(=O)C1(Sc2ccnc3ccncc23)CCC1. The fourth-order valence-corrected chi connectivity index (χ4v) is 3.82. The van der Waals surface area contributed by atoms with E-state index in [1.54, 1.807) is 24.2 Å². The summed E-state index contributed by atoms with van der Waals surface area (Å²) >= 11 is 1.60. The van der Waals surface area contributed by atoms with E-state index in [4.69, 9.17) is 4.74 Å². The number of nitrogens with zero attached hydrogens (tertiary/aromatic N) is 2. The lowest BCUT2D eigenvalue weighted by molar-refractivity contribution is -0.148. The molecule has 2 heterocycles. The van der Waals surface area contributed by atoms with Crippen molar-refractivity contribution in [3.63, 3.8) is 0 Å². The van der Waals surface area contributed by atoms with Crippen LogP contribution in [-0.2, 0) is 9.53 Å². The Morgan fingerprint density at radius 2 is 2.25 bits per heavy atom. The van der Waals surface area contributed by atoms with E-state index in [-0.39, 0.29) is 5.97 Å². The number of carbonyl (C=O) groups excluding carboxylic acids is 1. The van der Waals surface area contributed by atoms with Gasteiger partial charge in [-0.2, -0.15) is 0 Å². The lowest BCUT2D eigenvalue weighted by Crippen LogP contribution is -2.43. The quantitative estimate of drug-likeness (QED) is 0.809. The van der Waals surface area contributed by atoms with Crippen LogP contribution < -0.4 is 0 Å². The molecule has 1 saturated carbocycles. The molecule has 0 amide bonds. The maximum atomic E-state index is 12.2. The van der Waals surface area contributed by atoms with Gasteiger partial charge in [0.1, 0.15) is 4.75 Å². The fraction of sp³-hybridized carbons (Fsp3) is 0.400. The van der Waals surface area contributed by atoms with Crippen LogP contribution >= 0.6 is 11.8 Å². The molecule has 104 valence electrons. The normalized spacial score (nSPS) is 16.6. The van der Waals surface area contributed by atoms with E-state index >= 15 is 0 Å². The maximum Gasteiger partial charge on any atom is 0.322 e. The highest BCUT2D eigenvalue weighted by atomic mass is 32.2. The van der Waals surface area contributed by atoms with Gasteiger partial charge in [0.05, 0.1) is 12.1 Å². The monoisotopic (exact) mass is 288 g/mol. The van der Waals surface area contributed by atoms with Crippen LogP contribution in [0.5, 0.6) is 0 Å². The van der Waals surface area contributed by atoms with Gasteiger partial charge in [0, 0.05) is 28.9 Å². The predicted molar refractivity (Wildman–Crippen MR) is 78.6 cm³/mol. The van der Waals surface area contributed by atoms with E-state index < -0.39 is 4.75 Å². The smallest absolute Gasteiger partial charge is 0.322 e. The van der Waals surface area contributed by atoms with Gasteiger partial charge in [-0.1, -0.05) is 0 Å².